The van der Waals surface area contributed by atoms with Crippen LogP contribution in [0.2, 0.25) is 0 Å². The number of rotatable bonds is 2. The Morgan fingerprint density at radius 1 is 0.415 bits per heavy atom. The van der Waals surface area contributed by atoms with E-state index in [1.165, 1.54) is 95.5 Å². The molecule has 0 fully saturated rings. The van der Waals surface area contributed by atoms with Crippen LogP contribution in [0.4, 0.5) is 0 Å². The predicted molar refractivity (Wildman–Crippen MR) is 182 cm³/mol. The fraction of sp³-hybridized carbons (Fsp3) is 0.0526. The van der Waals surface area contributed by atoms with Gasteiger partial charge in [0.1, 0.15) is 0 Å². The number of nitrogens with one attached hydrogen (secondary N) is 1. The second kappa shape index (κ2) is 8.53. The number of aryl methyl sites for hydroxylation is 2. The molecule has 1 N–H and O–H groups in total. The number of aromatic amines is 1. The molecule has 0 aliphatic rings. The van der Waals surface area contributed by atoms with E-state index in [2.05, 4.69) is 128 Å². The normalized spacial score (nSPS) is 12.1. The van der Waals surface area contributed by atoms with Gasteiger partial charge in [-0.25, -0.2) is 0 Å². The molecule has 0 aliphatic heterocycles. The summed E-state index contributed by atoms with van der Waals surface area (Å²) in [6.07, 6.45) is 0. The molecule has 3 heteroatoms. The zero-order chi connectivity index (χ0) is 27.2. The minimum Gasteiger partial charge on any atom is -0.355 e. The van der Waals surface area contributed by atoms with E-state index in [0.717, 1.165) is 0 Å². The monoisotopic (exact) mass is 559 g/mol. The van der Waals surface area contributed by atoms with Crippen LogP contribution in [0.1, 0.15) is 11.1 Å². The third-order valence-electron chi connectivity index (χ3n) is 8.66. The van der Waals surface area contributed by atoms with Gasteiger partial charge in [-0.3, -0.25) is 0 Å². The molecule has 0 saturated carbocycles. The van der Waals surface area contributed by atoms with Crippen LogP contribution in [-0.4, -0.2) is 4.98 Å². The van der Waals surface area contributed by atoms with Crippen molar-refractivity contribution in [1.29, 1.82) is 0 Å². The van der Waals surface area contributed by atoms with Crippen molar-refractivity contribution in [3.8, 4) is 22.3 Å². The van der Waals surface area contributed by atoms with Crippen LogP contribution >= 0.6 is 22.7 Å². The number of H-pyrrole nitrogens is 1. The van der Waals surface area contributed by atoms with Crippen molar-refractivity contribution in [2.45, 2.75) is 13.8 Å². The topological polar surface area (TPSA) is 15.8 Å². The number of hydrogen-bond donors (Lipinski definition) is 1. The molecule has 0 spiro atoms. The summed E-state index contributed by atoms with van der Waals surface area (Å²) in [5.41, 5.74) is 10.2. The molecule has 9 aromatic rings. The molecule has 9 rings (SSSR count). The highest BCUT2D eigenvalue weighted by atomic mass is 32.1. The van der Waals surface area contributed by atoms with E-state index in [4.69, 9.17) is 0 Å². The second-order valence-electron chi connectivity index (χ2n) is 11.1. The molecule has 194 valence electrons. The Morgan fingerprint density at radius 2 is 0.829 bits per heavy atom. The van der Waals surface area contributed by atoms with Gasteiger partial charge in [-0.15, -0.1) is 22.7 Å². The highest BCUT2D eigenvalue weighted by molar-refractivity contribution is 7.27. The Bertz CT molecular complexity index is 2330. The fourth-order valence-corrected chi connectivity index (χ4v) is 9.22. The second-order valence-corrected chi connectivity index (χ2v) is 13.2. The lowest BCUT2D eigenvalue weighted by Gasteiger charge is -2.06. The molecule has 0 bridgehead atoms. The van der Waals surface area contributed by atoms with E-state index in [9.17, 15) is 0 Å². The smallest absolute Gasteiger partial charge is 0.0465 e. The molecule has 0 amide bonds. The minimum absolute atomic E-state index is 1.18. The average Bonchev–Trinajstić information content (AvgIpc) is 3.69. The zero-order valence-corrected chi connectivity index (χ0v) is 24.3. The minimum atomic E-state index is 1.18. The highest BCUT2D eigenvalue weighted by Gasteiger charge is 2.15. The molecular formula is C38H25NS2. The van der Waals surface area contributed by atoms with Crippen molar-refractivity contribution < 1.29 is 0 Å². The van der Waals surface area contributed by atoms with Gasteiger partial charge in [0, 0.05) is 62.2 Å². The Hall–Kier alpha value is -4.44. The van der Waals surface area contributed by atoms with E-state index >= 15 is 0 Å². The van der Waals surface area contributed by atoms with E-state index in [-0.39, 0.29) is 0 Å². The number of aromatic nitrogens is 1. The van der Waals surface area contributed by atoms with E-state index in [1.54, 1.807) is 0 Å². The highest BCUT2D eigenvalue weighted by Crippen LogP contribution is 2.44. The number of hydrogen-bond acceptors (Lipinski definition) is 2. The molecule has 0 saturated heterocycles. The summed E-state index contributed by atoms with van der Waals surface area (Å²) in [4.78, 5) is 3.67. The Balaban J connectivity index is 1.26. The first-order chi connectivity index (χ1) is 20.1. The lowest BCUT2D eigenvalue weighted by atomic mass is 9.98. The predicted octanol–water partition coefficient (Wildman–Crippen LogP) is 12.0. The van der Waals surface area contributed by atoms with Crippen molar-refractivity contribution in [3.05, 3.63) is 120 Å². The van der Waals surface area contributed by atoms with Gasteiger partial charge in [-0.2, -0.15) is 0 Å². The molecule has 0 radical (unpaired) electrons. The van der Waals surface area contributed by atoms with Crippen molar-refractivity contribution in [3.63, 3.8) is 0 Å². The number of thiophene rings is 2. The van der Waals surface area contributed by atoms with E-state index in [0.29, 0.717) is 0 Å². The van der Waals surface area contributed by atoms with Gasteiger partial charge >= 0.3 is 0 Å². The lowest BCUT2D eigenvalue weighted by molar-refractivity contribution is 1.54. The van der Waals surface area contributed by atoms with Crippen LogP contribution in [0.5, 0.6) is 0 Å². The van der Waals surface area contributed by atoms with Gasteiger partial charge in [-0.1, -0.05) is 84.9 Å². The summed E-state index contributed by atoms with van der Waals surface area (Å²) in [5.74, 6) is 0. The quantitative estimate of drug-likeness (QED) is 0.217. The lowest BCUT2D eigenvalue weighted by Crippen LogP contribution is -1.80. The van der Waals surface area contributed by atoms with Crippen molar-refractivity contribution >= 4 is 84.8 Å². The van der Waals surface area contributed by atoms with Crippen molar-refractivity contribution in [2.75, 3.05) is 0 Å². The third kappa shape index (κ3) is 3.34. The summed E-state index contributed by atoms with van der Waals surface area (Å²) < 4.78 is 5.50. The number of fused-ring (bicyclic) bond motifs is 9. The Labute approximate surface area is 245 Å². The van der Waals surface area contributed by atoms with Gasteiger partial charge in [0.15, 0.2) is 0 Å². The van der Waals surface area contributed by atoms with Gasteiger partial charge in [0.25, 0.3) is 0 Å². The SMILES string of the molecule is Cc1cccc2c1sc1c(-c3ccc4[nH]c5ccc(-c6cccc7c6sc6c(C)cccc67)cc5c4c3)cccc12. The molecule has 0 aliphatic carbocycles. The average molecular weight is 560 g/mol. The zero-order valence-electron chi connectivity index (χ0n) is 22.7. The summed E-state index contributed by atoms with van der Waals surface area (Å²) in [7, 11) is 0. The third-order valence-corrected chi connectivity index (χ3v) is 11.4. The largest absolute Gasteiger partial charge is 0.355 e. The first-order valence-electron chi connectivity index (χ1n) is 14.0. The van der Waals surface area contributed by atoms with Gasteiger partial charge in [0.2, 0.25) is 0 Å². The van der Waals surface area contributed by atoms with Crippen LogP contribution < -0.4 is 0 Å². The van der Waals surface area contributed by atoms with Crippen LogP contribution in [0.25, 0.3) is 84.4 Å². The summed E-state index contributed by atoms with van der Waals surface area (Å²) in [6, 6.07) is 40.6. The van der Waals surface area contributed by atoms with Crippen LogP contribution in [0.15, 0.2) is 109 Å². The summed E-state index contributed by atoms with van der Waals surface area (Å²) in [6.45, 7) is 4.43. The van der Waals surface area contributed by atoms with Crippen molar-refractivity contribution in [2.24, 2.45) is 0 Å². The van der Waals surface area contributed by atoms with Crippen LogP contribution in [0.3, 0.4) is 0 Å². The standard InChI is InChI=1S/C38H25NS2/c1-21-7-3-11-27-29-13-5-9-25(37(29)40-35(21)27)23-15-17-33-31(19-23)32-20-24(16-18-34(32)39-33)26-10-6-14-30-28-12-4-8-22(2)36(28)41-38(26)30/h3-20,39H,1-2H3. The Kier molecular flexibility index (Phi) is 4.84. The molecule has 3 aromatic heterocycles. The summed E-state index contributed by atoms with van der Waals surface area (Å²) in [5, 5.41) is 7.95. The van der Waals surface area contributed by atoms with Gasteiger partial charge in [-0.05, 0) is 71.5 Å². The van der Waals surface area contributed by atoms with Gasteiger partial charge < -0.3 is 4.98 Å². The van der Waals surface area contributed by atoms with E-state index < -0.39 is 0 Å². The van der Waals surface area contributed by atoms with E-state index in [1.807, 2.05) is 22.7 Å². The first kappa shape index (κ1) is 23.3. The van der Waals surface area contributed by atoms with Crippen LogP contribution in [-0.2, 0) is 0 Å². The molecule has 1 nitrogen and oxygen atoms in total. The summed E-state index contributed by atoms with van der Waals surface area (Å²) >= 11 is 3.84. The first-order valence-corrected chi connectivity index (χ1v) is 15.7. The maximum atomic E-state index is 3.67. The maximum absolute atomic E-state index is 3.67. The molecular weight excluding hydrogens is 535 g/mol. The molecule has 3 heterocycles. The molecule has 41 heavy (non-hydrogen) atoms. The molecule has 0 unspecified atom stereocenters. The molecule has 0 atom stereocenters. The Morgan fingerprint density at radius 3 is 1.29 bits per heavy atom. The number of benzene rings is 6. The van der Waals surface area contributed by atoms with Crippen LogP contribution in [0, 0.1) is 13.8 Å². The maximum Gasteiger partial charge on any atom is 0.0465 e. The molecule has 6 aromatic carbocycles. The van der Waals surface area contributed by atoms with Gasteiger partial charge in [0.05, 0.1) is 0 Å². The fourth-order valence-electron chi connectivity index (χ4n) is 6.61. The van der Waals surface area contributed by atoms with Crippen molar-refractivity contribution in [1.82, 2.24) is 4.98 Å².